The molecule has 0 saturated heterocycles. The Morgan fingerprint density at radius 2 is 2.24 bits per heavy atom. The van der Waals surface area contributed by atoms with Crippen molar-refractivity contribution in [2.24, 2.45) is 0 Å². The molecule has 1 aliphatic heterocycles. The molecule has 2 rings (SSSR count). The van der Waals surface area contributed by atoms with Crippen molar-refractivity contribution in [3.05, 3.63) is 41.9 Å². The number of hydrogen-bond donors (Lipinski definition) is 0. The van der Waals surface area contributed by atoms with E-state index in [1.807, 2.05) is 0 Å². The van der Waals surface area contributed by atoms with Crippen LogP contribution in [0, 0.1) is 0 Å². The number of hydrogen-bond acceptors (Lipinski definition) is 4. The number of alkyl halides is 3. The molecule has 0 bridgehead atoms. The second kappa shape index (κ2) is 6.26. The average Bonchev–Trinajstić information content (AvgIpc) is 2.46. The predicted octanol–water partition coefficient (Wildman–Crippen LogP) is 2.67. The van der Waals surface area contributed by atoms with Crippen molar-refractivity contribution in [1.29, 1.82) is 0 Å². The lowest BCUT2D eigenvalue weighted by Crippen LogP contribution is -2.38. The van der Waals surface area contributed by atoms with E-state index in [4.69, 9.17) is 4.74 Å². The minimum Gasteiger partial charge on any atom is -0.362 e. The van der Waals surface area contributed by atoms with Gasteiger partial charge in [0, 0.05) is 25.1 Å². The summed E-state index contributed by atoms with van der Waals surface area (Å²) in [7, 11) is 1.49. The molecule has 0 amide bonds. The number of aromatic nitrogens is 1. The predicted molar refractivity (Wildman–Crippen MR) is 69.0 cm³/mol. The zero-order chi connectivity index (χ0) is 15.5. The van der Waals surface area contributed by atoms with Crippen molar-refractivity contribution in [1.82, 2.24) is 9.88 Å². The Labute approximate surface area is 120 Å². The molecule has 1 aromatic heterocycles. The number of methoxy groups -OCH3 is 1. The first-order valence-corrected chi connectivity index (χ1v) is 6.42. The van der Waals surface area contributed by atoms with Gasteiger partial charge in [-0.15, -0.1) is 0 Å². The minimum absolute atomic E-state index is 0.0512. The van der Waals surface area contributed by atoms with Crippen LogP contribution >= 0.6 is 0 Å². The average molecular weight is 300 g/mol. The largest absolute Gasteiger partial charge is 0.454 e. The summed E-state index contributed by atoms with van der Waals surface area (Å²) in [4.78, 5) is 17.0. The van der Waals surface area contributed by atoms with E-state index in [1.54, 1.807) is 29.3 Å². The zero-order valence-corrected chi connectivity index (χ0v) is 11.4. The summed E-state index contributed by atoms with van der Waals surface area (Å²) in [6, 6.07) is 5.31. The number of halogens is 3. The Hall–Kier alpha value is -1.89. The van der Waals surface area contributed by atoms with Gasteiger partial charge in [0.1, 0.15) is 6.23 Å². The van der Waals surface area contributed by atoms with Gasteiger partial charge in [-0.1, -0.05) is 6.07 Å². The van der Waals surface area contributed by atoms with Crippen LogP contribution in [0.4, 0.5) is 13.2 Å². The number of rotatable bonds is 4. The number of carbonyl (C=O) groups excluding carboxylic acids is 1. The maximum atomic E-state index is 12.5. The molecule has 1 aliphatic rings. The molecule has 0 fully saturated rings. The fourth-order valence-electron chi connectivity index (χ4n) is 2.23. The molecule has 1 aromatic rings. The van der Waals surface area contributed by atoms with Crippen molar-refractivity contribution in [3.8, 4) is 0 Å². The normalized spacial score (nSPS) is 19.3. The standard InChI is InChI=1S/C14H15F3N2O2/c1-21-12-6-5-10(13(20)14(15,16)17)8-19(12)9-11-4-2-3-7-18-11/h2-4,7-8,12H,5-6,9H2,1H3. The highest BCUT2D eigenvalue weighted by Crippen LogP contribution is 2.29. The molecule has 0 aromatic carbocycles. The van der Waals surface area contributed by atoms with E-state index < -0.39 is 12.0 Å². The van der Waals surface area contributed by atoms with Gasteiger partial charge in [0.2, 0.25) is 0 Å². The highest BCUT2D eigenvalue weighted by Gasteiger charge is 2.42. The third kappa shape index (κ3) is 3.81. The third-order valence-corrected chi connectivity index (χ3v) is 3.24. The molecule has 0 N–H and O–H groups in total. The lowest BCUT2D eigenvalue weighted by molar-refractivity contribution is -0.167. The number of carbonyl (C=O) groups is 1. The molecule has 0 aliphatic carbocycles. The quantitative estimate of drug-likeness (QED) is 0.857. The molecule has 4 nitrogen and oxygen atoms in total. The fraction of sp³-hybridized carbons (Fsp3) is 0.429. The van der Waals surface area contributed by atoms with Crippen LogP contribution < -0.4 is 0 Å². The van der Waals surface area contributed by atoms with Gasteiger partial charge in [-0.05, 0) is 25.0 Å². The molecular formula is C14H15F3N2O2. The number of nitrogens with zero attached hydrogens (tertiary/aromatic N) is 2. The molecule has 2 heterocycles. The van der Waals surface area contributed by atoms with E-state index in [-0.39, 0.29) is 24.8 Å². The van der Waals surface area contributed by atoms with E-state index in [2.05, 4.69) is 4.98 Å². The summed E-state index contributed by atoms with van der Waals surface area (Å²) in [6.45, 7) is 0.286. The molecule has 21 heavy (non-hydrogen) atoms. The molecule has 0 spiro atoms. The van der Waals surface area contributed by atoms with Gasteiger partial charge in [-0.3, -0.25) is 9.78 Å². The van der Waals surface area contributed by atoms with Crippen molar-refractivity contribution in [2.75, 3.05) is 7.11 Å². The van der Waals surface area contributed by atoms with E-state index in [0.29, 0.717) is 12.1 Å². The van der Waals surface area contributed by atoms with Crippen LogP contribution in [-0.2, 0) is 16.1 Å². The van der Waals surface area contributed by atoms with Crippen LogP contribution in [0.5, 0.6) is 0 Å². The smallest absolute Gasteiger partial charge is 0.362 e. The summed E-state index contributed by atoms with van der Waals surface area (Å²) in [6.07, 6.45) is -1.99. The summed E-state index contributed by atoms with van der Waals surface area (Å²) in [5.74, 6) is -1.79. The van der Waals surface area contributed by atoms with Gasteiger partial charge < -0.3 is 9.64 Å². The maximum absolute atomic E-state index is 12.5. The van der Waals surface area contributed by atoms with Crippen LogP contribution in [0.1, 0.15) is 18.5 Å². The Morgan fingerprint density at radius 3 is 2.81 bits per heavy atom. The number of Topliss-reactive ketones (excluding diaryl/α,β-unsaturated/α-hetero) is 1. The highest BCUT2D eigenvalue weighted by molar-refractivity contribution is 5.99. The van der Waals surface area contributed by atoms with Crippen LogP contribution in [0.25, 0.3) is 0 Å². The number of ether oxygens (including phenoxy) is 1. The number of allylic oxidation sites excluding steroid dienone is 1. The van der Waals surface area contributed by atoms with Crippen LogP contribution in [-0.4, -0.2) is 35.2 Å². The van der Waals surface area contributed by atoms with E-state index in [0.717, 1.165) is 0 Å². The van der Waals surface area contributed by atoms with Crippen molar-refractivity contribution < 1.29 is 22.7 Å². The van der Waals surface area contributed by atoms with Gasteiger partial charge in [0.05, 0.1) is 12.2 Å². The van der Waals surface area contributed by atoms with Crippen molar-refractivity contribution >= 4 is 5.78 Å². The van der Waals surface area contributed by atoms with Gasteiger partial charge in [-0.2, -0.15) is 13.2 Å². The number of pyridine rings is 1. The van der Waals surface area contributed by atoms with Gasteiger partial charge in [-0.25, -0.2) is 0 Å². The second-order valence-corrected chi connectivity index (χ2v) is 4.70. The zero-order valence-electron chi connectivity index (χ0n) is 11.4. The highest BCUT2D eigenvalue weighted by atomic mass is 19.4. The van der Waals surface area contributed by atoms with E-state index >= 15 is 0 Å². The van der Waals surface area contributed by atoms with Gasteiger partial charge in [0.25, 0.3) is 5.78 Å². The first-order valence-electron chi connectivity index (χ1n) is 6.42. The maximum Gasteiger partial charge on any atom is 0.454 e. The molecular weight excluding hydrogens is 285 g/mol. The Balaban J connectivity index is 2.20. The van der Waals surface area contributed by atoms with E-state index in [1.165, 1.54) is 13.3 Å². The van der Waals surface area contributed by atoms with Gasteiger partial charge >= 0.3 is 6.18 Å². The summed E-state index contributed by atoms with van der Waals surface area (Å²) < 4.78 is 42.8. The summed E-state index contributed by atoms with van der Waals surface area (Å²) in [5.41, 5.74) is 0.447. The van der Waals surface area contributed by atoms with Gasteiger partial charge in [0.15, 0.2) is 0 Å². The lowest BCUT2D eigenvalue weighted by Gasteiger charge is -2.33. The summed E-state index contributed by atoms with van der Waals surface area (Å²) >= 11 is 0. The summed E-state index contributed by atoms with van der Waals surface area (Å²) in [5, 5.41) is 0. The first-order chi connectivity index (χ1) is 9.91. The topological polar surface area (TPSA) is 42.4 Å². The number of ketones is 1. The van der Waals surface area contributed by atoms with Crippen LogP contribution in [0.3, 0.4) is 0 Å². The van der Waals surface area contributed by atoms with Crippen LogP contribution in [0.2, 0.25) is 0 Å². The van der Waals surface area contributed by atoms with Crippen LogP contribution in [0.15, 0.2) is 36.2 Å². The van der Waals surface area contributed by atoms with Crippen molar-refractivity contribution in [2.45, 2.75) is 31.8 Å². The lowest BCUT2D eigenvalue weighted by atomic mass is 10.0. The SMILES string of the molecule is COC1CCC(C(=O)C(F)(F)F)=CN1Cc1ccccn1. The third-order valence-electron chi connectivity index (χ3n) is 3.24. The Bertz CT molecular complexity index is 529. The monoisotopic (exact) mass is 300 g/mol. The molecule has 0 radical (unpaired) electrons. The minimum atomic E-state index is -4.84. The first kappa shape index (κ1) is 15.5. The molecule has 1 unspecified atom stereocenters. The molecule has 114 valence electrons. The Morgan fingerprint density at radius 1 is 1.48 bits per heavy atom. The van der Waals surface area contributed by atoms with Crippen molar-refractivity contribution in [3.63, 3.8) is 0 Å². The van der Waals surface area contributed by atoms with E-state index in [9.17, 15) is 18.0 Å². The molecule has 0 saturated carbocycles. The fourth-order valence-corrected chi connectivity index (χ4v) is 2.23. The second-order valence-electron chi connectivity index (χ2n) is 4.70. The molecule has 1 atom stereocenters. The molecule has 7 heteroatoms. The Kier molecular flexibility index (Phi) is 4.62.